The molecule has 2 unspecified atom stereocenters. The van der Waals surface area contributed by atoms with Gasteiger partial charge in [0.25, 0.3) is 0 Å². The Morgan fingerprint density at radius 3 is 1.32 bits per heavy atom. The SMILES string of the molecule is CC/C=C/C/C=C/C/C=C/C/C=C/C/C=C/CCCCCCCCCC(=O)OCC(COCCC(C(=O)[O-])[N+](C)(C)C)OC(=O)CCCCCCCCCCCCCCCCCC. The van der Waals surface area contributed by atoms with Crippen LogP contribution in [0.3, 0.4) is 0 Å². The number of likely N-dealkylation sites (N-methyl/N-ethyl adjacent to an activating group) is 1. The summed E-state index contributed by atoms with van der Waals surface area (Å²) in [4.78, 5) is 37.0. The minimum Gasteiger partial charge on any atom is -0.544 e. The lowest BCUT2D eigenvalue weighted by atomic mass is 10.0. The van der Waals surface area contributed by atoms with E-state index in [2.05, 4.69) is 74.6 Å². The molecular formula is C55H97NO7. The molecule has 0 N–H and O–H groups in total. The number of hydrogen-bond donors (Lipinski definition) is 0. The predicted molar refractivity (Wildman–Crippen MR) is 263 cm³/mol. The van der Waals surface area contributed by atoms with E-state index in [-0.39, 0.29) is 42.7 Å². The maximum atomic E-state index is 12.8. The number of ether oxygens (including phenoxy) is 3. The van der Waals surface area contributed by atoms with Gasteiger partial charge in [0, 0.05) is 19.3 Å². The number of esters is 2. The highest BCUT2D eigenvalue weighted by atomic mass is 16.6. The number of rotatable bonds is 46. The zero-order valence-corrected chi connectivity index (χ0v) is 41.5. The van der Waals surface area contributed by atoms with Crippen molar-refractivity contribution < 1.29 is 38.2 Å². The molecule has 0 rings (SSSR count). The third kappa shape index (κ3) is 44.0. The summed E-state index contributed by atoms with van der Waals surface area (Å²) in [6.45, 7) is 4.56. The molecule has 0 aliphatic rings. The fourth-order valence-electron chi connectivity index (χ4n) is 7.45. The zero-order chi connectivity index (χ0) is 46.3. The second-order valence-electron chi connectivity index (χ2n) is 18.4. The largest absolute Gasteiger partial charge is 0.544 e. The van der Waals surface area contributed by atoms with Gasteiger partial charge in [-0.3, -0.25) is 9.59 Å². The van der Waals surface area contributed by atoms with Crippen LogP contribution < -0.4 is 5.11 Å². The Morgan fingerprint density at radius 1 is 0.492 bits per heavy atom. The van der Waals surface area contributed by atoms with Crippen molar-refractivity contribution in [2.24, 2.45) is 0 Å². The maximum absolute atomic E-state index is 12.8. The third-order valence-corrected chi connectivity index (χ3v) is 11.4. The van der Waals surface area contributed by atoms with Gasteiger partial charge < -0.3 is 28.6 Å². The van der Waals surface area contributed by atoms with E-state index in [0.29, 0.717) is 12.8 Å². The molecule has 0 heterocycles. The van der Waals surface area contributed by atoms with Gasteiger partial charge >= 0.3 is 11.9 Å². The van der Waals surface area contributed by atoms with Crippen LogP contribution in [-0.2, 0) is 28.6 Å². The van der Waals surface area contributed by atoms with E-state index in [4.69, 9.17) is 14.2 Å². The topological polar surface area (TPSA) is 102 Å². The Labute approximate surface area is 388 Å². The number of aliphatic carboxylic acids is 1. The highest BCUT2D eigenvalue weighted by Gasteiger charge is 2.25. The Morgan fingerprint density at radius 2 is 0.889 bits per heavy atom. The van der Waals surface area contributed by atoms with Gasteiger partial charge in [-0.15, -0.1) is 0 Å². The molecule has 0 aromatic heterocycles. The Bertz CT molecular complexity index is 1210. The molecule has 8 nitrogen and oxygen atoms in total. The van der Waals surface area contributed by atoms with Crippen LogP contribution in [0, 0.1) is 0 Å². The number of quaternary nitrogens is 1. The van der Waals surface area contributed by atoms with Crippen molar-refractivity contribution in [3.05, 3.63) is 60.8 Å². The summed E-state index contributed by atoms with van der Waals surface area (Å²) in [6, 6.07) is -0.728. The van der Waals surface area contributed by atoms with Crippen LogP contribution in [0.4, 0.5) is 0 Å². The highest BCUT2D eigenvalue weighted by Crippen LogP contribution is 2.16. The number of unbranched alkanes of at least 4 members (excludes halogenated alkanes) is 22. The number of hydrogen-bond acceptors (Lipinski definition) is 7. The molecule has 0 bridgehead atoms. The van der Waals surface area contributed by atoms with Gasteiger partial charge in [0.05, 0.1) is 40.3 Å². The molecule has 0 aromatic carbocycles. The minimum atomic E-state index is -1.13. The van der Waals surface area contributed by atoms with Crippen LogP contribution in [0.1, 0.15) is 219 Å². The molecule has 8 heteroatoms. The van der Waals surface area contributed by atoms with Crippen molar-refractivity contribution >= 4 is 17.9 Å². The molecule has 63 heavy (non-hydrogen) atoms. The first-order chi connectivity index (χ1) is 30.6. The van der Waals surface area contributed by atoms with Gasteiger partial charge in [-0.1, -0.05) is 203 Å². The molecule has 0 radical (unpaired) electrons. The highest BCUT2D eigenvalue weighted by molar-refractivity contribution is 5.70. The van der Waals surface area contributed by atoms with Gasteiger partial charge in [-0.05, 0) is 57.8 Å². The van der Waals surface area contributed by atoms with Crippen molar-refractivity contribution in [2.75, 3.05) is 41.0 Å². The van der Waals surface area contributed by atoms with E-state index in [0.717, 1.165) is 77.0 Å². The third-order valence-electron chi connectivity index (χ3n) is 11.4. The van der Waals surface area contributed by atoms with Crippen LogP contribution in [0.15, 0.2) is 60.8 Å². The number of carbonyl (C=O) groups excluding carboxylic acids is 3. The number of carboxylic acid groups (broad SMARTS) is 1. The maximum Gasteiger partial charge on any atom is 0.306 e. The van der Waals surface area contributed by atoms with Crippen molar-refractivity contribution in [3.8, 4) is 0 Å². The summed E-state index contributed by atoms with van der Waals surface area (Å²) in [5.74, 6) is -1.74. The van der Waals surface area contributed by atoms with Crippen LogP contribution >= 0.6 is 0 Å². The molecule has 364 valence electrons. The molecule has 0 amide bonds. The lowest BCUT2D eigenvalue weighted by Gasteiger charge is -2.34. The fraction of sp³-hybridized carbons (Fsp3) is 0.764. The Hall–Kier alpha value is -2.97. The summed E-state index contributed by atoms with van der Waals surface area (Å²) in [7, 11) is 5.41. The zero-order valence-electron chi connectivity index (χ0n) is 41.5. The van der Waals surface area contributed by atoms with E-state index in [1.165, 1.54) is 109 Å². The fourth-order valence-corrected chi connectivity index (χ4v) is 7.45. The lowest BCUT2D eigenvalue weighted by molar-refractivity contribution is -0.889. The van der Waals surface area contributed by atoms with Crippen molar-refractivity contribution in [2.45, 2.75) is 231 Å². The first kappa shape index (κ1) is 60.0. The normalized spacial score (nSPS) is 13.3. The molecule has 0 fully saturated rings. The van der Waals surface area contributed by atoms with Gasteiger partial charge in [0.2, 0.25) is 0 Å². The summed E-state index contributed by atoms with van der Waals surface area (Å²) in [5, 5.41) is 11.7. The summed E-state index contributed by atoms with van der Waals surface area (Å²) in [5.41, 5.74) is 0. The van der Waals surface area contributed by atoms with E-state index in [9.17, 15) is 19.5 Å². The molecule has 2 atom stereocenters. The number of carbonyl (C=O) groups is 3. The molecule has 0 aliphatic carbocycles. The Balaban J connectivity index is 4.25. The molecule has 0 aromatic rings. The van der Waals surface area contributed by atoms with E-state index in [1.807, 2.05) is 0 Å². The lowest BCUT2D eigenvalue weighted by Crippen LogP contribution is -2.55. The Kier molecular flexibility index (Phi) is 43.4. The number of nitrogens with zero attached hydrogens (tertiary/aromatic N) is 1. The monoisotopic (exact) mass is 884 g/mol. The summed E-state index contributed by atoms with van der Waals surface area (Å²) in [6.07, 6.45) is 56.7. The second-order valence-corrected chi connectivity index (χ2v) is 18.4. The first-order valence-electron chi connectivity index (χ1n) is 25.8. The second kappa shape index (κ2) is 45.6. The molecular weight excluding hydrogens is 787 g/mol. The van der Waals surface area contributed by atoms with Gasteiger partial charge in [0.1, 0.15) is 12.6 Å². The molecule has 0 spiro atoms. The van der Waals surface area contributed by atoms with Gasteiger partial charge in [-0.2, -0.15) is 0 Å². The van der Waals surface area contributed by atoms with Crippen molar-refractivity contribution in [3.63, 3.8) is 0 Å². The number of allylic oxidation sites excluding steroid dienone is 10. The molecule has 0 aliphatic heterocycles. The smallest absolute Gasteiger partial charge is 0.306 e. The average molecular weight is 884 g/mol. The van der Waals surface area contributed by atoms with Crippen LogP contribution in [0.25, 0.3) is 0 Å². The van der Waals surface area contributed by atoms with E-state index < -0.39 is 18.1 Å². The minimum absolute atomic E-state index is 0.0377. The van der Waals surface area contributed by atoms with Gasteiger partial charge in [-0.25, -0.2) is 0 Å². The molecule has 0 saturated carbocycles. The average Bonchev–Trinajstić information content (AvgIpc) is 3.24. The van der Waals surface area contributed by atoms with E-state index >= 15 is 0 Å². The van der Waals surface area contributed by atoms with Crippen LogP contribution in [-0.4, -0.2) is 75.5 Å². The van der Waals surface area contributed by atoms with Crippen LogP contribution in [0.2, 0.25) is 0 Å². The first-order valence-corrected chi connectivity index (χ1v) is 25.8. The summed E-state index contributed by atoms with van der Waals surface area (Å²) < 4.78 is 17.2. The predicted octanol–water partition coefficient (Wildman–Crippen LogP) is 13.6. The quantitative estimate of drug-likeness (QED) is 0.0260. The van der Waals surface area contributed by atoms with Crippen molar-refractivity contribution in [1.82, 2.24) is 0 Å². The van der Waals surface area contributed by atoms with E-state index in [1.54, 1.807) is 21.1 Å². The standard InChI is InChI=1S/C55H97NO7/c1-6-8-10-12-14-16-18-20-22-24-25-26-27-28-29-30-32-33-35-37-39-41-43-45-53(57)62-50-51(49-61-48-47-52(55(59)60)56(3,4)5)63-54(58)46-44-42-40-38-36-34-31-23-21-19-17-15-13-11-9-7-2/h8,10,14,16,20,22,25-26,28-29,51-52H,6-7,9,11-13,15,17-19,21,23-24,27,30-50H2,1-5H3/b10-8+,16-14+,22-20+,26-25+,29-28+. The van der Waals surface area contributed by atoms with Crippen molar-refractivity contribution in [1.29, 1.82) is 0 Å². The van der Waals surface area contributed by atoms with Crippen LogP contribution in [0.5, 0.6) is 0 Å². The number of carboxylic acids is 1. The molecule has 0 saturated heterocycles. The summed E-state index contributed by atoms with van der Waals surface area (Å²) >= 11 is 0. The van der Waals surface area contributed by atoms with Gasteiger partial charge in [0.15, 0.2) is 6.10 Å².